The molecule has 2 N–H and O–H groups in total. The highest BCUT2D eigenvalue weighted by Crippen LogP contribution is 2.42. The summed E-state index contributed by atoms with van der Waals surface area (Å²) in [7, 11) is -3.45. The molecule has 2 fully saturated rings. The number of aromatic amines is 1. The van der Waals surface area contributed by atoms with Crippen molar-refractivity contribution in [3.8, 4) is 0 Å². The van der Waals surface area contributed by atoms with Crippen LogP contribution in [0.5, 0.6) is 0 Å². The van der Waals surface area contributed by atoms with Crippen molar-refractivity contribution in [1.29, 1.82) is 0 Å². The first-order chi connectivity index (χ1) is 9.48. The summed E-state index contributed by atoms with van der Waals surface area (Å²) < 4.78 is 26.9. The summed E-state index contributed by atoms with van der Waals surface area (Å²) in [4.78, 5) is 13.9. The van der Waals surface area contributed by atoms with Crippen LogP contribution in [0.3, 0.4) is 0 Å². The number of carbonyl (C=O) groups is 1. The van der Waals surface area contributed by atoms with Crippen molar-refractivity contribution < 1.29 is 18.3 Å². The molecule has 3 rings (SSSR count). The molecule has 2 unspecified atom stereocenters. The van der Waals surface area contributed by atoms with Gasteiger partial charge in [0.1, 0.15) is 0 Å². The van der Waals surface area contributed by atoms with Crippen molar-refractivity contribution >= 4 is 16.0 Å². The molecule has 2 aliphatic heterocycles. The fraction of sp³-hybridized carbons (Fsp3) is 0.615. The quantitative estimate of drug-likeness (QED) is 0.879. The Bertz CT molecular complexity index is 582. The van der Waals surface area contributed by atoms with Gasteiger partial charge in [0.15, 0.2) is 0 Å². The molecule has 7 heteroatoms. The Kier molecular flexibility index (Phi) is 3.33. The zero-order valence-corrected chi connectivity index (χ0v) is 11.8. The molecular formula is C13H18N2O4S. The van der Waals surface area contributed by atoms with Crippen molar-refractivity contribution in [3.63, 3.8) is 0 Å². The first-order valence-electron chi connectivity index (χ1n) is 6.86. The Morgan fingerprint density at radius 1 is 1.35 bits per heavy atom. The van der Waals surface area contributed by atoms with Gasteiger partial charge in [0.25, 0.3) is 0 Å². The van der Waals surface area contributed by atoms with Crippen LogP contribution in [0.1, 0.15) is 32.1 Å². The van der Waals surface area contributed by atoms with E-state index in [1.807, 2.05) is 0 Å². The summed E-state index contributed by atoms with van der Waals surface area (Å²) in [5.74, 6) is -0.695. The summed E-state index contributed by atoms with van der Waals surface area (Å²) in [5, 5.41) is 8.90. The number of H-pyrrole nitrogens is 1. The summed E-state index contributed by atoms with van der Waals surface area (Å²) in [6.45, 7) is 0. The van der Waals surface area contributed by atoms with Gasteiger partial charge >= 0.3 is 5.97 Å². The van der Waals surface area contributed by atoms with Crippen LogP contribution >= 0.6 is 0 Å². The molecule has 2 bridgehead atoms. The Balaban J connectivity index is 1.82. The normalized spacial score (nSPS) is 30.5. The largest absolute Gasteiger partial charge is 0.481 e. The third-order valence-electron chi connectivity index (χ3n) is 4.37. The van der Waals surface area contributed by atoms with E-state index in [4.69, 9.17) is 5.11 Å². The van der Waals surface area contributed by atoms with E-state index < -0.39 is 16.0 Å². The van der Waals surface area contributed by atoms with Gasteiger partial charge < -0.3 is 10.1 Å². The second-order valence-corrected chi connectivity index (χ2v) is 7.55. The molecule has 20 heavy (non-hydrogen) atoms. The first kappa shape index (κ1) is 13.6. The Hall–Kier alpha value is -1.34. The van der Waals surface area contributed by atoms with Crippen molar-refractivity contribution in [2.24, 2.45) is 5.92 Å². The number of piperidine rings is 1. The molecule has 2 saturated heterocycles. The van der Waals surface area contributed by atoms with Gasteiger partial charge in [0.2, 0.25) is 10.0 Å². The minimum atomic E-state index is -3.45. The van der Waals surface area contributed by atoms with Gasteiger partial charge in [-0.25, -0.2) is 8.42 Å². The summed E-state index contributed by atoms with van der Waals surface area (Å²) in [6.07, 6.45) is 6.24. The van der Waals surface area contributed by atoms with E-state index >= 15 is 0 Å². The Morgan fingerprint density at radius 2 is 2.00 bits per heavy atom. The van der Waals surface area contributed by atoms with E-state index in [2.05, 4.69) is 4.98 Å². The zero-order chi connectivity index (χ0) is 14.3. The van der Waals surface area contributed by atoms with Crippen molar-refractivity contribution in [3.05, 3.63) is 18.5 Å². The Labute approximate surface area is 117 Å². The molecule has 0 aromatic carbocycles. The molecular weight excluding hydrogens is 280 g/mol. The summed E-state index contributed by atoms with van der Waals surface area (Å²) in [6, 6.07) is 1.48. The van der Waals surface area contributed by atoms with Gasteiger partial charge in [-0.05, 0) is 37.7 Å². The van der Waals surface area contributed by atoms with Gasteiger partial charge in [-0.2, -0.15) is 4.31 Å². The van der Waals surface area contributed by atoms with E-state index in [0.717, 1.165) is 12.8 Å². The molecule has 2 aliphatic rings. The molecule has 110 valence electrons. The average Bonchev–Trinajstić information content (AvgIpc) is 2.96. The lowest BCUT2D eigenvalue weighted by Crippen LogP contribution is -2.46. The lowest BCUT2D eigenvalue weighted by atomic mass is 9.90. The molecule has 6 nitrogen and oxygen atoms in total. The first-order valence-corrected chi connectivity index (χ1v) is 8.30. The molecule has 3 heterocycles. The van der Waals surface area contributed by atoms with Crippen molar-refractivity contribution in [1.82, 2.24) is 9.29 Å². The minimum Gasteiger partial charge on any atom is -0.481 e. The SMILES string of the molecule is O=C(O)CC1CC2CCC(C1)N2S(=O)(=O)c1cc[nH]c1. The van der Waals surface area contributed by atoms with E-state index in [-0.39, 0.29) is 24.4 Å². The van der Waals surface area contributed by atoms with Crippen LogP contribution in [-0.4, -0.2) is 40.9 Å². The van der Waals surface area contributed by atoms with Crippen LogP contribution in [0.25, 0.3) is 0 Å². The molecule has 0 spiro atoms. The highest BCUT2D eigenvalue weighted by molar-refractivity contribution is 7.89. The molecule has 2 atom stereocenters. The molecule has 1 aromatic heterocycles. The fourth-order valence-corrected chi connectivity index (χ4v) is 5.51. The van der Waals surface area contributed by atoms with E-state index in [0.29, 0.717) is 17.7 Å². The smallest absolute Gasteiger partial charge is 0.303 e. The molecule has 1 aromatic rings. The molecule has 0 saturated carbocycles. The summed E-state index contributed by atoms with van der Waals surface area (Å²) in [5.41, 5.74) is 0. The van der Waals surface area contributed by atoms with Gasteiger partial charge in [-0.3, -0.25) is 4.79 Å². The predicted molar refractivity (Wildman–Crippen MR) is 71.6 cm³/mol. The molecule has 0 radical (unpaired) electrons. The maximum atomic E-state index is 12.6. The maximum Gasteiger partial charge on any atom is 0.303 e. The van der Waals surface area contributed by atoms with Gasteiger partial charge in [-0.15, -0.1) is 0 Å². The zero-order valence-electron chi connectivity index (χ0n) is 11.0. The molecule has 0 amide bonds. The number of rotatable bonds is 4. The number of hydrogen-bond acceptors (Lipinski definition) is 3. The van der Waals surface area contributed by atoms with Crippen LogP contribution in [-0.2, 0) is 14.8 Å². The molecule has 0 aliphatic carbocycles. The van der Waals surface area contributed by atoms with Gasteiger partial charge in [0.05, 0.1) is 4.90 Å². The number of nitrogens with one attached hydrogen (secondary N) is 1. The lowest BCUT2D eigenvalue weighted by molar-refractivity contribution is -0.138. The van der Waals surface area contributed by atoms with Gasteiger partial charge in [-0.1, -0.05) is 0 Å². The number of nitrogens with zero attached hydrogens (tertiary/aromatic N) is 1. The number of carboxylic acid groups (broad SMARTS) is 1. The second kappa shape index (κ2) is 4.89. The van der Waals surface area contributed by atoms with Crippen molar-refractivity contribution in [2.75, 3.05) is 0 Å². The highest BCUT2D eigenvalue weighted by atomic mass is 32.2. The van der Waals surface area contributed by atoms with Crippen LogP contribution in [0.15, 0.2) is 23.4 Å². The van der Waals surface area contributed by atoms with Crippen LogP contribution in [0.2, 0.25) is 0 Å². The third-order valence-corrected chi connectivity index (χ3v) is 6.37. The standard InChI is InChI=1S/C13H18N2O4S/c16-13(17)7-9-5-10-1-2-11(6-9)15(10)20(18,19)12-3-4-14-8-12/h3-4,8-11,14H,1-2,5-7H2,(H,16,17). The number of fused-ring (bicyclic) bond motifs is 2. The van der Waals surface area contributed by atoms with Crippen LogP contribution in [0, 0.1) is 5.92 Å². The third kappa shape index (κ3) is 2.25. The van der Waals surface area contributed by atoms with Crippen molar-refractivity contribution in [2.45, 2.75) is 49.1 Å². The minimum absolute atomic E-state index is 0.0435. The highest BCUT2D eigenvalue weighted by Gasteiger charge is 2.47. The fourth-order valence-electron chi connectivity index (χ4n) is 3.64. The average molecular weight is 298 g/mol. The topological polar surface area (TPSA) is 90.5 Å². The number of sulfonamides is 1. The second-order valence-electron chi connectivity index (χ2n) is 5.70. The predicted octanol–water partition coefficient (Wildman–Crippen LogP) is 1.42. The Morgan fingerprint density at radius 3 is 2.50 bits per heavy atom. The number of aliphatic carboxylic acids is 1. The number of hydrogen-bond donors (Lipinski definition) is 2. The van der Waals surface area contributed by atoms with Gasteiger partial charge in [0, 0.05) is 30.9 Å². The van der Waals surface area contributed by atoms with Crippen LogP contribution in [0.4, 0.5) is 0 Å². The van der Waals surface area contributed by atoms with E-state index in [1.165, 1.54) is 6.20 Å². The summed E-state index contributed by atoms with van der Waals surface area (Å²) >= 11 is 0. The van der Waals surface area contributed by atoms with E-state index in [9.17, 15) is 13.2 Å². The van der Waals surface area contributed by atoms with Crippen LogP contribution < -0.4 is 0 Å². The van der Waals surface area contributed by atoms with E-state index in [1.54, 1.807) is 16.6 Å². The number of carboxylic acids is 1. The lowest BCUT2D eigenvalue weighted by Gasteiger charge is -2.37. The maximum absolute atomic E-state index is 12.6. The number of aromatic nitrogens is 1. The monoisotopic (exact) mass is 298 g/mol.